The number of aryl methyl sites for hydroxylation is 1. The van der Waals surface area contributed by atoms with Crippen LogP contribution in [0.5, 0.6) is 5.75 Å². The summed E-state index contributed by atoms with van der Waals surface area (Å²) in [6.07, 6.45) is 17.4. The molecule has 1 amide bonds. The molecule has 0 aliphatic heterocycles. The molecule has 0 saturated heterocycles. The molecule has 1 aromatic heterocycles. The molecule has 0 radical (unpaired) electrons. The number of anilines is 1. The first-order valence-corrected chi connectivity index (χ1v) is 15.2. The van der Waals surface area contributed by atoms with Gasteiger partial charge in [0.15, 0.2) is 24.3 Å². The first kappa shape index (κ1) is 33.0. The lowest BCUT2D eigenvalue weighted by Gasteiger charge is -2.11. The maximum absolute atomic E-state index is 14.7. The fourth-order valence-electron chi connectivity index (χ4n) is 4.58. The van der Waals surface area contributed by atoms with Gasteiger partial charge in [-0.15, -0.1) is 0 Å². The Bertz CT molecular complexity index is 1120. The summed E-state index contributed by atoms with van der Waals surface area (Å²) in [7, 11) is 0. The number of nitrogens with zero attached hydrogens (tertiary/aromatic N) is 1. The van der Waals surface area contributed by atoms with Crippen LogP contribution in [0.15, 0.2) is 54.2 Å². The molecule has 4 nitrogen and oxygen atoms in total. The Morgan fingerprint density at radius 3 is 2.18 bits per heavy atom. The number of aromatic nitrogens is 1. The standard InChI is InChI=1S/C32H43FN2O2S.BrH/c1-3-4-5-6-7-8-9-10-11-12-13-16-21-37-31-20-19-27(22-29(31)33)32(36)34-30-18-15-14-17-28(30)24-35-23-26(2)38-25-35;/h14-15,17-20,22-23,25H,3-13,16,21,24H2,1-2H3;1H. The van der Waals surface area contributed by atoms with Crippen LogP contribution >= 0.6 is 11.3 Å². The number of nitrogens with one attached hydrogen (secondary N) is 1. The van der Waals surface area contributed by atoms with E-state index in [0.717, 1.165) is 24.1 Å². The van der Waals surface area contributed by atoms with E-state index in [1.807, 2.05) is 24.3 Å². The summed E-state index contributed by atoms with van der Waals surface area (Å²) in [4.78, 5) is 14.1. The summed E-state index contributed by atoms with van der Waals surface area (Å²) < 4.78 is 22.4. The van der Waals surface area contributed by atoms with Gasteiger partial charge in [0.05, 0.1) is 17.2 Å². The summed E-state index contributed by atoms with van der Waals surface area (Å²) in [5.74, 6) is -0.640. The van der Waals surface area contributed by atoms with Crippen LogP contribution in [0.4, 0.5) is 10.1 Å². The van der Waals surface area contributed by atoms with Gasteiger partial charge >= 0.3 is 0 Å². The molecule has 39 heavy (non-hydrogen) atoms. The van der Waals surface area contributed by atoms with Gasteiger partial charge in [0.25, 0.3) is 5.91 Å². The number of amides is 1. The molecule has 3 rings (SSSR count). The van der Waals surface area contributed by atoms with Crippen molar-refractivity contribution < 1.29 is 35.5 Å². The third kappa shape index (κ3) is 12.2. The summed E-state index contributed by atoms with van der Waals surface area (Å²) in [5.41, 5.74) is 4.04. The van der Waals surface area contributed by atoms with E-state index in [-0.39, 0.29) is 34.2 Å². The van der Waals surface area contributed by atoms with Crippen molar-refractivity contribution in [3.63, 3.8) is 0 Å². The summed E-state index contributed by atoms with van der Waals surface area (Å²) in [6, 6.07) is 12.1. The van der Waals surface area contributed by atoms with Crippen molar-refractivity contribution in [1.29, 1.82) is 0 Å². The van der Waals surface area contributed by atoms with E-state index in [1.54, 1.807) is 23.5 Å². The fraction of sp³-hybridized carbons (Fsp3) is 0.500. The number of hydrogen-bond donors (Lipinski definition) is 1. The first-order chi connectivity index (χ1) is 18.6. The molecule has 1 heterocycles. The van der Waals surface area contributed by atoms with Gasteiger partial charge in [0.2, 0.25) is 5.51 Å². The second-order valence-electron chi connectivity index (χ2n) is 10.1. The average molecular weight is 620 g/mol. The van der Waals surface area contributed by atoms with Gasteiger partial charge in [-0.3, -0.25) is 4.79 Å². The second kappa shape index (κ2) is 18.9. The van der Waals surface area contributed by atoms with Crippen molar-refractivity contribution in [2.45, 2.75) is 97.4 Å². The highest BCUT2D eigenvalue weighted by Gasteiger charge is 2.15. The molecular formula is C32H44BrFN2O2S. The second-order valence-corrected chi connectivity index (χ2v) is 11.2. The van der Waals surface area contributed by atoms with Crippen LogP contribution in [0.1, 0.15) is 105 Å². The Hall–Kier alpha value is -2.25. The largest absolute Gasteiger partial charge is 1.00 e. The highest BCUT2D eigenvalue weighted by Crippen LogP contribution is 2.21. The molecule has 0 fully saturated rings. The van der Waals surface area contributed by atoms with Crippen LogP contribution in [0, 0.1) is 12.7 Å². The molecule has 0 aliphatic rings. The minimum atomic E-state index is -0.505. The number of para-hydroxylation sites is 1. The topological polar surface area (TPSA) is 42.2 Å². The quantitative estimate of drug-likeness (QED) is 0.143. The van der Waals surface area contributed by atoms with Crippen molar-refractivity contribution in [3.8, 4) is 5.75 Å². The van der Waals surface area contributed by atoms with Crippen LogP contribution in [0.2, 0.25) is 0 Å². The van der Waals surface area contributed by atoms with Gasteiger partial charge in [-0.1, -0.05) is 107 Å². The van der Waals surface area contributed by atoms with Crippen LogP contribution in [-0.4, -0.2) is 12.5 Å². The number of halogens is 2. The van der Waals surface area contributed by atoms with E-state index in [4.69, 9.17) is 4.74 Å². The number of benzene rings is 2. The van der Waals surface area contributed by atoms with Gasteiger partial charge in [0.1, 0.15) is 0 Å². The number of rotatable bonds is 18. The van der Waals surface area contributed by atoms with Crippen LogP contribution < -0.4 is 31.6 Å². The highest BCUT2D eigenvalue weighted by molar-refractivity contribution is 7.09. The highest BCUT2D eigenvalue weighted by atomic mass is 79.9. The summed E-state index contributed by atoms with van der Waals surface area (Å²) in [5, 5.41) is 2.94. The molecule has 3 aromatic rings. The third-order valence-corrected chi connectivity index (χ3v) is 7.64. The number of hydrogen-bond acceptors (Lipinski definition) is 3. The average Bonchev–Trinajstić information content (AvgIpc) is 3.33. The Kier molecular flexibility index (Phi) is 16.0. The minimum Gasteiger partial charge on any atom is -1.00 e. The van der Waals surface area contributed by atoms with Gasteiger partial charge in [-0.25, -0.2) is 4.39 Å². The number of carbonyl (C=O) groups excluding carboxylic acids is 1. The maximum atomic E-state index is 14.7. The monoisotopic (exact) mass is 618 g/mol. The number of carbonyl (C=O) groups is 1. The van der Waals surface area contributed by atoms with Crippen molar-refractivity contribution in [1.82, 2.24) is 0 Å². The molecule has 0 unspecified atom stereocenters. The van der Waals surface area contributed by atoms with Gasteiger partial charge in [-0.2, -0.15) is 4.57 Å². The number of thiazole rings is 1. The molecular weight excluding hydrogens is 575 g/mol. The predicted octanol–water partition coefficient (Wildman–Crippen LogP) is 5.87. The van der Waals surface area contributed by atoms with E-state index in [9.17, 15) is 9.18 Å². The smallest absolute Gasteiger partial charge is 0.255 e. The lowest BCUT2D eigenvalue weighted by Crippen LogP contribution is -3.00. The van der Waals surface area contributed by atoms with Crippen molar-refractivity contribution in [2.24, 2.45) is 0 Å². The molecule has 0 spiro atoms. The minimum absolute atomic E-state index is 0. The molecule has 0 saturated carbocycles. The Labute approximate surface area is 248 Å². The molecule has 0 bridgehead atoms. The van der Waals surface area contributed by atoms with E-state index in [2.05, 4.69) is 35.4 Å². The molecule has 1 N–H and O–H groups in total. The SMILES string of the molecule is CCCCCCCCCCCCCCOc1ccc(C(=O)Nc2ccccc2C[n+]2csc(C)c2)cc1F.[Br-]. The van der Waals surface area contributed by atoms with Gasteiger partial charge in [0, 0.05) is 11.1 Å². The lowest BCUT2D eigenvalue weighted by molar-refractivity contribution is -0.683. The van der Waals surface area contributed by atoms with Crippen LogP contribution in [-0.2, 0) is 6.54 Å². The Morgan fingerprint density at radius 2 is 1.56 bits per heavy atom. The lowest BCUT2D eigenvalue weighted by atomic mass is 10.1. The molecule has 0 aliphatic carbocycles. The van der Waals surface area contributed by atoms with Crippen molar-refractivity contribution in [2.75, 3.05) is 11.9 Å². The van der Waals surface area contributed by atoms with E-state index < -0.39 is 5.82 Å². The van der Waals surface area contributed by atoms with Crippen LogP contribution in [0.25, 0.3) is 0 Å². The zero-order valence-electron chi connectivity index (χ0n) is 23.5. The summed E-state index contributed by atoms with van der Waals surface area (Å²) >= 11 is 1.68. The summed E-state index contributed by atoms with van der Waals surface area (Å²) in [6.45, 7) is 5.47. The van der Waals surface area contributed by atoms with Gasteiger partial charge < -0.3 is 27.0 Å². The van der Waals surface area contributed by atoms with Crippen molar-refractivity contribution in [3.05, 3.63) is 76.0 Å². The zero-order valence-corrected chi connectivity index (χ0v) is 25.9. The molecule has 214 valence electrons. The molecule has 0 atom stereocenters. The van der Waals surface area contributed by atoms with E-state index in [0.29, 0.717) is 13.2 Å². The van der Waals surface area contributed by atoms with Gasteiger partial charge in [-0.05, 0) is 37.6 Å². The van der Waals surface area contributed by atoms with Crippen LogP contribution in [0.3, 0.4) is 0 Å². The number of unbranched alkanes of at least 4 members (excludes halogenated alkanes) is 11. The predicted molar refractivity (Wildman–Crippen MR) is 156 cm³/mol. The van der Waals surface area contributed by atoms with Crippen molar-refractivity contribution >= 4 is 22.9 Å². The Morgan fingerprint density at radius 1 is 0.923 bits per heavy atom. The Balaban J connectivity index is 0.00000533. The van der Waals surface area contributed by atoms with E-state index >= 15 is 0 Å². The fourth-order valence-corrected chi connectivity index (χ4v) is 5.22. The normalized spacial score (nSPS) is 10.7. The third-order valence-electron chi connectivity index (χ3n) is 6.79. The molecule has 2 aromatic carbocycles. The zero-order chi connectivity index (χ0) is 27.0. The van der Waals surface area contributed by atoms with E-state index in [1.165, 1.54) is 75.2 Å². The number of ether oxygens (including phenoxy) is 1. The molecule has 7 heteroatoms. The maximum Gasteiger partial charge on any atom is 0.255 e. The first-order valence-electron chi connectivity index (χ1n) is 14.3.